The number of carbonyl (C=O) groups excluding carboxylic acids is 3. The molecule has 1 atom stereocenters. The van der Waals surface area contributed by atoms with Crippen molar-refractivity contribution in [1.29, 1.82) is 0 Å². The Hall–Kier alpha value is -3.26. The fourth-order valence-corrected chi connectivity index (χ4v) is 3.27. The number of hydrogen-bond acceptors (Lipinski definition) is 6. The first-order valence-corrected chi connectivity index (χ1v) is 9.53. The second-order valence-corrected chi connectivity index (χ2v) is 7.04. The van der Waals surface area contributed by atoms with Gasteiger partial charge in [-0.05, 0) is 30.3 Å². The van der Waals surface area contributed by atoms with Crippen LogP contribution >= 0.6 is 11.6 Å². The average molecular weight is 433 g/mol. The third-order valence-corrected chi connectivity index (χ3v) is 4.85. The molecule has 1 N–H and O–H groups in total. The van der Waals surface area contributed by atoms with Crippen LogP contribution in [0.15, 0.2) is 42.5 Å². The molecule has 30 heavy (non-hydrogen) atoms. The third kappa shape index (κ3) is 5.01. The molecule has 1 saturated heterocycles. The lowest BCUT2D eigenvalue weighted by Gasteiger charge is -2.20. The number of amides is 2. The number of anilines is 2. The zero-order chi connectivity index (χ0) is 21.7. The predicted octanol–water partition coefficient (Wildman–Crippen LogP) is 2.89. The van der Waals surface area contributed by atoms with Gasteiger partial charge in [0.1, 0.15) is 11.5 Å². The van der Waals surface area contributed by atoms with Gasteiger partial charge in [-0.2, -0.15) is 0 Å². The highest BCUT2D eigenvalue weighted by Crippen LogP contribution is 2.35. The second kappa shape index (κ2) is 9.49. The van der Waals surface area contributed by atoms with E-state index in [9.17, 15) is 14.4 Å². The van der Waals surface area contributed by atoms with Crippen LogP contribution in [0.25, 0.3) is 0 Å². The fourth-order valence-electron chi connectivity index (χ4n) is 3.10. The van der Waals surface area contributed by atoms with Gasteiger partial charge in [0.2, 0.25) is 11.8 Å². The fraction of sp³-hybridized carbons (Fsp3) is 0.286. The minimum atomic E-state index is -0.541. The highest BCUT2D eigenvalue weighted by Gasteiger charge is 2.36. The molecule has 9 heteroatoms. The number of esters is 1. The molecule has 2 amide bonds. The number of carbonyl (C=O) groups is 3. The summed E-state index contributed by atoms with van der Waals surface area (Å²) in [6, 6.07) is 11.6. The van der Waals surface area contributed by atoms with E-state index >= 15 is 0 Å². The minimum Gasteiger partial charge on any atom is -0.495 e. The van der Waals surface area contributed by atoms with Crippen molar-refractivity contribution in [3.63, 3.8) is 0 Å². The molecule has 8 nitrogen and oxygen atoms in total. The van der Waals surface area contributed by atoms with Gasteiger partial charge in [-0.1, -0.05) is 17.7 Å². The van der Waals surface area contributed by atoms with Crippen LogP contribution in [0, 0.1) is 5.92 Å². The molecule has 0 bridgehead atoms. The lowest BCUT2D eigenvalue weighted by atomic mass is 10.1. The topological polar surface area (TPSA) is 94.2 Å². The van der Waals surface area contributed by atoms with Gasteiger partial charge in [-0.15, -0.1) is 0 Å². The maximum atomic E-state index is 12.7. The van der Waals surface area contributed by atoms with Crippen molar-refractivity contribution in [1.82, 2.24) is 0 Å². The molecule has 0 aliphatic carbocycles. The first kappa shape index (κ1) is 21.4. The zero-order valence-electron chi connectivity index (χ0n) is 16.5. The summed E-state index contributed by atoms with van der Waals surface area (Å²) in [5, 5.41) is 3.25. The third-order valence-electron chi connectivity index (χ3n) is 4.61. The van der Waals surface area contributed by atoms with Crippen LogP contribution in [-0.2, 0) is 19.1 Å². The summed E-state index contributed by atoms with van der Waals surface area (Å²) in [4.78, 5) is 38.0. The van der Waals surface area contributed by atoms with E-state index < -0.39 is 11.9 Å². The smallest absolute Gasteiger partial charge is 0.343 e. The molecular formula is C21H21ClN2O6. The standard InChI is InChI=1S/C21H21ClN2O6/c1-28-18-7-6-14(22)9-17(18)24-11-13(8-19(24)25)21(27)23-15-4-3-5-16(10-15)30-12-20(26)29-2/h3-7,9-10,13H,8,11-12H2,1-2H3,(H,23,27). The van der Waals surface area contributed by atoms with Crippen LogP contribution in [-0.4, -0.2) is 45.2 Å². The molecule has 1 heterocycles. The van der Waals surface area contributed by atoms with Gasteiger partial charge in [-0.25, -0.2) is 4.79 Å². The van der Waals surface area contributed by atoms with Gasteiger partial charge in [0, 0.05) is 29.7 Å². The summed E-state index contributed by atoms with van der Waals surface area (Å²) in [5.74, 6) is -0.621. The number of methoxy groups -OCH3 is 2. The van der Waals surface area contributed by atoms with E-state index in [0.717, 1.165) is 0 Å². The first-order chi connectivity index (χ1) is 14.4. The average Bonchev–Trinajstić information content (AvgIpc) is 3.14. The molecule has 0 aromatic heterocycles. The summed E-state index contributed by atoms with van der Waals surface area (Å²) in [6.45, 7) is -0.0264. The molecule has 0 saturated carbocycles. The van der Waals surface area contributed by atoms with Crippen molar-refractivity contribution >= 4 is 40.8 Å². The number of nitrogens with zero attached hydrogens (tertiary/aromatic N) is 1. The number of benzene rings is 2. The van der Waals surface area contributed by atoms with Crippen molar-refractivity contribution < 1.29 is 28.6 Å². The molecular weight excluding hydrogens is 412 g/mol. The van der Waals surface area contributed by atoms with Gasteiger partial charge < -0.3 is 24.4 Å². The number of ether oxygens (including phenoxy) is 3. The summed E-state index contributed by atoms with van der Waals surface area (Å²) >= 11 is 6.06. The Morgan fingerprint density at radius 1 is 1.20 bits per heavy atom. The van der Waals surface area contributed by atoms with Gasteiger partial charge in [0.05, 0.1) is 25.8 Å². The maximum absolute atomic E-state index is 12.7. The Labute approximate surface area is 178 Å². The molecule has 2 aromatic rings. The van der Waals surface area contributed by atoms with Crippen molar-refractivity contribution in [2.24, 2.45) is 5.92 Å². The number of halogens is 1. The van der Waals surface area contributed by atoms with Crippen molar-refractivity contribution in [3.05, 3.63) is 47.5 Å². The van der Waals surface area contributed by atoms with Crippen molar-refractivity contribution in [3.8, 4) is 11.5 Å². The Balaban J connectivity index is 1.67. The molecule has 0 spiro atoms. The lowest BCUT2D eigenvalue weighted by Crippen LogP contribution is -2.28. The first-order valence-electron chi connectivity index (χ1n) is 9.15. The molecule has 3 rings (SSSR count). The second-order valence-electron chi connectivity index (χ2n) is 6.60. The summed E-state index contributed by atoms with van der Waals surface area (Å²) < 4.78 is 15.2. The van der Waals surface area contributed by atoms with E-state index in [0.29, 0.717) is 27.9 Å². The highest BCUT2D eigenvalue weighted by molar-refractivity contribution is 6.31. The highest BCUT2D eigenvalue weighted by atomic mass is 35.5. The number of hydrogen-bond donors (Lipinski definition) is 1. The maximum Gasteiger partial charge on any atom is 0.343 e. The van der Waals surface area contributed by atoms with Crippen LogP contribution in [0.2, 0.25) is 5.02 Å². The molecule has 0 radical (unpaired) electrons. The Morgan fingerprint density at radius 3 is 2.73 bits per heavy atom. The Kier molecular flexibility index (Phi) is 6.79. The van der Waals surface area contributed by atoms with Gasteiger partial charge in [0.15, 0.2) is 6.61 Å². The lowest BCUT2D eigenvalue weighted by molar-refractivity contribution is -0.142. The SMILES string of the molecule is COC(=O)COc1cccc(NC(=O)C2CC(=O)N(c3cc(Cl)ccc3OC)C2)c1. The molecule has 158 valence electrons. The van der Waals surface area contributed by atoms with Gasteiger partial charge in [-0.3, -0.25) is 9.59 Å². The van der Waals surface area contributed by atoms with E-state index in [2.05, 4.69) is 10.1 Å². The van der Waals surface area contributed by atoms with Crippen LogP contribution in [0.5, 0.6) is 11.5 Å². The van der Waals surface area contributed by atoms with Crippen LogP contribution < -0.4 is 19.7 Å². The largest absolute Gasteiger partial charge is 0.495 e. The zero-order valence-corrected chi connectivity index (χ0v) is 17.3. The van der Waals surface area contributed by atoms with Gasteiger partial charge in [0.25, 0.3) is 0 Å². The Bertz CT molecular complexity index is 964. The summed E-state index contributed by atoms with van der Waals surface area (Å²) in [7, 11) is 2.78. The summed E-state index contributed by atoms with van der Waals surface area (Å²) in [5.41, 5.74) is 1.03. The predicted molar refractivity (Wildman–Crippen MR) is 111 cm³/mol. The van der Waals surface area contributed by atoms with E-state index in [-0.39, 0.29) is 31.4 Å². The monoisotopic (exact) mass is 432 g/mol. The van der Waals surface area contributed by atoms with Crippen molar-refractivity contribution in [2.45, 2.75) is 6.42 Å². The van der Waals surface area contributed by atoms with E-state index in [1.165, 1.54) is 19.1 Å². The number of nitrogens with one attached hydrogen (secondary N) is 1. The van der Waals surface area contributed by atoms with Crippen LogP contribution in [0.3, 0.4) is 0 Å². The van der Waals surface area contributed by atoms with Crippen molar-refractivity contribution in [2.75, 3.05) is 37.6 Å². The number of rotatable bonds is 7. The molecule has 1 aliphatic heterocycles. The molecule has 1 fully saturated rings. The normalized spacial score (nSPS) is 15.6. The minimum absolute atomic E-state index is 0.0695. The summed E-state index contributed by atoms with van der Waals surface area (Å²) in [6.07, 6.45) is 0.0695. The van der Waals surface area contributed by atoms with E-state index in [4.69, 9.17) is 21.1 Å². The quantitative estimate of drug-likeness (QED) is 0.676. The molecule has 1 unspecified atom stereocenters. The van der Waals surface area contributed by atoms with Crippen LogP contribution in [0.1, 0.15) is 6.42 Å². The Morgan fingerprint density at radius 2 is 2.00 bits per heavy atom. The molecule has 2 aromatic carbocycles. The van der Waals surface area contributed by atoms with E-state index in [1.54, 1.807) is 42.5 Å². The van der Waals surface area contributed by atoms with E-state index in [1.807, 2.05) is 0 Å². The van der Waals surface area contributed by atoms with Crippen LogP contribution in [0.4, 0.5) is 11.4 Å². The van der Waals surface area contributed by atoms with Gasteiger partial charge >= 0.3 is 5.97 Å². The molecule has 1 aliphatic rings.